The van der Waals surface area contributed by atoms with E-state index in [2.05, 4.69) is 9.72 Å². The van der Waals surface area contributed by atoms with E-state index in [4.69, 9.17) is 5.11 Å². The number of nitrogens with zero attached hydrogens (tertiary/aromatic N) is 1. The van der Waals surface area contributed by atoms with Gasteiger partial charge in [0.15, 0.2) is 0 Å². The SMILES string of the molecule is COC(=O)c1cc(C=CC(=O)O)ccn1. The van der Waals surface area contributed by atoms with Gasteiger partial charge in [0.25, 0.3) is 0 Å². The number of hydrogen-bond donors (Lipinski definition) is 1. The molecule has 1 N–H and O–H groups in total. The molecule has 5 heteroatoms. The van der Waals surface area contributed by atoms with Crippen molar-refractivity contribution in [2.24, 2.45) is 0 Å². The Balaban J connectivity index is 2.92. The van der Waals surface area contributed by atoms with Gasteiger partial charge in [-0.05, 0) is 23.8 Å². The number of pyridine rings is 1. The van der Waals surface area contributed by atoms with Gasteiger partial charge < -0.3 is 9.84 Å². The lowest BCUT2D eigenvalue weighted by atomic mass is 10.2. The van der Waals surface area contributed by atoms with Gasteiger partial charge in [-0.25, -0.2) is 14.6 Å². The maximum absolute atomic E-state index is 11.1. The van der Waals surface area contributed by atoms with Crippen molar-refractivity contribution in [3.63, 3.8) is 0 Å². The Labute approximate surface area is 86.0 Å². The number of rotatable bonds is 3. The summed E-state index contributed by atoms with van der Waals surface area (Å²) in [5.41, 5.74) is 0.720. The number of carboxylic acids is 1. The first-order chi connectivity index (χ1) is 7.13. The van der Waals surface area contributed by atoms with E-state index in [1.54, 1.807) is 6.07 Å². The van der Waals surface area contributed by atoms with Gasteiger partial charge in [0.05, 0.1) is 7.11 Å². The van der Waals surface area contributed by atoms with Crippen molar-refractivity contribution in [2.75, 3.05) is 7.11 Å². The molecule has 0 unspecified atom stereocenters. The Morgan fingerprint density at radius 1 is 1.53 bits per heavy atom. The van der Waals surface area contributed by atoms with Gasteiger partial charge in [0, 0.05) is 12.3 Å². The fourth-order valence-corrected chi connectivity index (χ4v) is 0.934. The van der Waals surface area contributed by atoms with Crippen molar-refractivity contribution in [1.82, 2.24) is 4.98 Å². The second-order valence-electron chi connectivity index (χ2n) is 2.64. The summed E-state index contributed by atoms with van der Waals surface area (Å²) < 4.78 is 4.47. The summed E-state index contributed by atoms with van der Waals surface area (Å²) in [7, 11) is 1.25. The Hall–Kier alpha value is -2.17. The molecule has 0 amide bonds. The zero-order valence-corrected chi connectivity index (χ0v) is 8.01. The molecule has 0 aliphatic carbocycles. The summed E-state index contributed by atoms with van der Waals surface area (Å²) in [6.45, 7) is 0. The minimum absolute atomic E-state index is 0.144. The molecule has 78 valence electrons. The van der Waals surface area contributed by atoms with Gasteiger partial charge in [0.2, 0.25) is 0 Å². The van der Waals surface area contributed by atoms with Gasteiger partial charge in [-0.2, -0.15) is 0 Å². The minimum atomic E-state index is -1.05. The van der Waals surface area contributed by atoms with Gasteiger partial charge >= 0.3 is 11.9 Å². The molecule has 0 radical (unpaired) electrons. The normalized spacial score (nSPS) is 10.2. The lowest BCUT2D eigenvalue weighted by Gasteiger charge is -1.98. The molecule has 0 bridgehead atoms. The van der Waals surface area contributed by atoms with E-state index in [-0.39, 0.29) is 5.69 Å². The van der Waals surface area contributed by atoms with Crippen LogP contribution in [-0.2, 0) is 9.53 Å². The fourth-order valence-electron chi connectivity index (χ4n) is 0.934. The predicted molar refractivity (Wildman–Crippen MR) is 52.2 cm³/mol. The molecule has 1 aromatic heterocycles. The lowest BCUT2D eigenvalue weighted by molar-refractivity contribution is -0.131. The number of hydrogen-bond acceptors (Lipinski definition) is 4. The Bertz CT molecular complexity index is 412. The number of ether oxygens (including phenoxy) is 1. The highest BCUT2D eigenvalue weighted by atomic mass is 16.5. The van der Waals surface area contributed by atoms with Gasteiger partial charge in [-0.15, -0.1) is 0 Å². The molecule has 1 rings (SSSR count). The van der Waals surface area contributed by atoms with Crippen molar-refractivity contribution in [3.8, 4) is 0 Å². The smallest absolute Gasteiger partial charge is 0.356 e. The van der Waals surface area contributed by atoms with E-state index < -0.39 is 11.9 Å². The summed E-state index contributed by atoms with van der Waals surface area (Å²) in [6.07, 6.45) is 3.76. The van der Waals surface area contributed by atoms with Gasteiger partial charge in [-0.3, -0.25) is 0 Å². The molecule has 0 saturated heterocycles. The molecule has 0 fully saturated rings. The second kappa shape index (κ2) is 4.90. The number of carbonyl (C=O) groups excluding carboxylic acids is 1. The van der Waals surface area contributed by atoms with E-state index >= 15 is 0 Å². The molecular formula is C10H9NO4. The fraction of sp³-hybridized carbons (Fsp3) is 0.100. The monoisotopic (exact) mass is 207 g/mol. The Morgan fingerprint density at radius 3 is 2.87 bits per heavy atom. The van der Waals surface area contributed by atoms with Crippen molar-refractivity contribution >= 4 is 18.0 Å². The van der Waals surface area contributed by atoms with E-state index in [9.17, 15) is 9.59 Å². The zero-order chi connectivity index (χ0) is 11.3. The molecule has 1 heterocycles. The highest BCUT2D eigenvalue weighted by molar-refractivity contribution is 5.89. The maximum atomic E-state index is 11.1. The van der Waals surface area contributed by atoms with Crippen LogP contribution < -0.4 is 0 Å². The summed E-state index contributed by atoms with van der Waals surface area (Å²) in [5, 5.41) is 8.41. The average Bonchev–Trinajstić information content (AvgIpc) is 2.25. The number of methoxy groups -OCH3 is 1. The molecule has 1 aromatic rings. The van der Waals surface area contributed by atoms with Crippen LogP contribution in [0.4, 0.5) is 0 Å². The molecule has 0 aromatic carbocycles. The van der Waals surface area contributed by atoms with Crippen molar-refractivity contribution in [2.45, 2.75) is 0 Å². The summed E-state index contributed by atoms with van der Waals surface area (Å²) in [4.78, 5) is 25.1. The van der Waals surface area contributed by atoms with Gasteiger partial charge in [-0.1, -0.05) is 0 Å². The molecule has 0 saturated carbocycles. The van der Waals surface area contributed by atoms with Crippen LogP contribution in [0.1, 0.15) is 16.1 Å². The molecule has 0 atom stereocenters. The molecule has 5 nitrogen and oxygen atoms in total. The van der Waals surface area contributed by atoms with Crippen LogP contribution in [0.3, 0.4) is 0 Å². The number of carboxylic acid groups (broad SMARTS) is 1. The van der Waals surface area contributed by atoms with Crippen LogP contribution in [0.15, 0.2) is 24.4 Å². The van der Waals surface area contributed by atoms with Crippen LogP contribution in [0.5, 0.6) is 0 Å². The summed E-state index contributed by atoms with van der Waals surface area (Å²) in [5.74, 6) is -1.60. The maximum Gasteiger partial charge on any atom is 0.356 e. The van der Waals surface area contributed by atoms with Crippen molar-refractivity contribution in [1.29, 1.82) is 0 Å². The van der Waals surface area contributed by atoms with Gasteiger partial charge in [0.1, 0.15) is 5.69 Å². The van der Waals surface area contributed by atoms with Crippen LogP contribution in [0.25, 0.3) is 6.08 Å². The first-order valence-corrected chi connectivity index (χ1v) is 4.09. The van der Waals surface area contributed by atoms with Crippen molar-refractivity contribution in [3.05, 3.63) is 35.7 Å². The van der Waals surface area contributed by atoms with Crippen LogP contribution in [0.2, 0.25) is 0 Å². The van der Waals surface area contributed by atoms with Crippen molar-refractivity contribution < 1.29 is 19.4 Å². The highest BCUT2D eigenvalue weighted by Crippen LogP contribution is 2.05. The number of esters is 1. The van der Waals surface area contributed by atoms with Crippen LogP contribution in [-0.4, -0.2) is 29.1 Å². The number of aliphatic carboxylic acids is 1. The second-order valence-corrected chi connectivity index (χ2v) is 2.64. The third kappa shape index (κ3) is 3.22. The van der Waals surface area contributed by atoms with Crippen LogP contribution >= 0.6 is 0 Å². The average molecular weight is 207 g/mol. The Kier molecular flexibility index (Phi) is 3.56. The van der Waals surface area contributed by atoms with E-state index in [1.807, 2.05) is 0 Å². The van der Waals surface area contributed by atoms with E-state index in [1.165, 1.54) is 25.4 Å². The van der Waals surface area contributed by atoms with E-state index in [0.29, 0.717) is 5.56 Å². The standard InChI is InChI=1S/C10H9NO4/c1-15-10(14)8-6-7(4-5-11-8)2-3-9(12)13/h2-6H,1H3,(H,12,13). The van der Waals surface area contributed by atoms with Crippen LogP contribution in [0, 0.1) is 0 Å². The molecule has 0 aliphatic rings. The minimum Gasteiger partial charge on any atom is -0.478 e. The molecular weight excluding hydrogens is 198 g/mol. The first kappa shape index (κ1) is 10.9. The lowest BCUT2D eigenvalue weighted by Crippen LogP contribution is -2.03. The third-order valence-corrected chi connectivity index (χ3v) is 1.60. The summed E-state index contributed by atoms with van der Waals surface area (Å²) in [6, 6.07) is 3.04. The first-order valence-electron chi connectivity index (χ1n) is 4.09. The zero-order valence-electron chi connectivity index (χ0n) is 8.01. The molecule has 0 aliphatic heterocycles. The Morgan fingerprint density at radius 2 is 2.27 bits per heavy atom. The quantitative estimate of drug-likeness (QED) is 0.590. The topological polar surface area (TPSA) is 76.5 Å². The third-order valence-electron chi connectivity index (χ3n) is 1.60. The number of aromatic nitrogens is 1. The largest absolute Gasteiger partial charge is 0.478 e. The molecule has 15 heavy (non-hydrogen) atoms. The highest BCUT2D eigenvalue weighted by Gasteiger charge is 2.06. The predicted octanol–water partition coefficient (Wildman–Crippen LogP) is 0.966. The number of carbonyl (C=O) groups is 2. The summed E-state index contributed by atoms with van der Waals surface area (Å²) >= 11 is 0. The molecule has 0 spiro atoms. The van der Waals surface area contributed by atoms with E-state index in [0.717, 1.165) is 6.08 Å².